The van der Waals surface area contributed by atoms with E-state index >= 15 is 0 Å². The van der Waals surface area contributed by atoms with Crippen LogP contribution in [0.4, 0.5) is 10.5 Å². The van der Waals surface area contributed by atoms with Gasteiger partial charge in [0, 0.05) is 42.2 Å². The summed E-state index contributed by atoms with van der Waals surface area (Å²) < 4.78 is 5.31. The van der Waals surface area contributed by atoms with Crippen molar-refractivity contribution in [1.29, 1.82) is 5.26 Å². The number of aromatic amines is 1. The van der Waals surface area contributed by atoms with Crippen molar-refractivity contribution in [3.05, 3.63) is 40.1 Å². The lowest BCUT2D eigenvalue weighted by Gasteiger charge is -2.27. The monoisotopic (exact) mass is 427 g/mol. The minimum atomic E-state index is -0.984. The highest BCUT2D eigenvalue weighted by Gasteiger charge is 2.35. The zero-order valence-corrected chi connectivity index (χ0v) is 17.7. The molecule has 0 bridgehead atoms. The van der Waals surface area contributed by atoms with Crippen molar-refractivity contribution < 1.29 is 19.2 Å². The fourth-order valence-corrected chi connectivity index (χ4v) is 3.68. The van der Waals surface area contributed by atoms with Crippen molar-refractivity contribution in [2.45, 2.75) is 57.7 Å². The van der Waals surface area contributed by atoms with Gasteiger partial charge in [0.25, 0.3) is 5.69 Å². The Balaban J connectivity index is 1.91. The number of ether oxygens (including phenoxy) is 1. The molecule has 3 rings (SSSR count). The number of benzene rings is 1. The number of nitro benzene ring substituents is 1. The number of alkyl carbamates (subject to hydrolysis) is 1. The molecule has 1 fully saturated rings. The van der Waals surface area contributed by atoms with Crippen molar-refractivity contribution >= 4 is 28.6 Å². The van der Waals surface area contributed by atoms with Crippen molar-refractivity contribution in [3.8, 4) is 6.07 Å². The first-order chi connectivity index (χ1) is 14.6. The lowest BCUT2D eigenvalue weighted by atomic mass is 10.0. The predicted molar refractivity (Wildman–Crippen MR) is 112 cm³/mol. The number of carbonyl (C=O) groups excluding carboxylic acids is 2. The number of hydrogen-bond donors (Lipinski definition) is 2. The number of nitriles is 1. The Hall–Kier alpha value is -3.61. The molecule has 31 heavy (non-hydrogen) atoms. The van der Waals surface area contributed by atoms with Gasteiger partial charge in [-0.25, -0.2) is 4.79 Å². The first-order valence-electron chi connectivity index (χ1n) is 10.0. The number of likely N-dealkylation sites (tertiary alicyclic amines) is 1. The molecular weight excluding hydrogens is 402 g/mol. The Bertz CT molecular complexity index is 1050. The number of carbonyl (C=O) groups is 2. The summed E-state index contributed by atoms with van der Waals surface area (Å²) in [6, 6.07) is 5.03. The van der Waals surface area contributed by atoms with Crippen LogP contribution in [-0.2, 0) is 16.0 Å². The SMILES string of the molecule is CC(C)(C)OC(=O)NC(Cc1c[nH]c2ccc([N+](=O)[O-])cc12)C(=O)N1CCCC1C#N. The largest absolute Gasteiger partial charge is 0.444 e. The summed E-state index contributed by atoms with van der Waals surface area (Å²) in [5, 5.41) is 23.7. The molecule has 164 valence electrons. The zero-order valence-electron chi connectivity index (χ0n) is 17.7. The molecule has 10 nitrogen and oxygen atoms in total. The number of hydrogen-bond acceptors (Lipinski definition) is 6. The van der Waals surface area contributed by atoms with E-state index in [2.05, 4.69) is 16.4 Å². The smallest absolute Gasteiger partial charge is 0.408 e. The summed E-state index contributed by atoms with van der Waals surface area (Å²) >= 11 is 0. The van der Waals surface area contributed by atoms with E-state index in [1.54, 1.807) is 33.0 Å². The second kappa shape index (κ2) is 8.63. The molecule has 1 aromatic carbocycles. The summed E-state index contributed by atoms with van der Waals surface area (Å²) in [5.41, 5.74) is 0.503. The third-order valence-corrected chi connectivity index (χ3v) is 5.06. The van der Waals surface area contributed by atoms with Gasteiger partial charge in [0.1, 0.15) is 17.7 Å². The molecule has 1 aliphatic rings. The van der Waals surface area contributed by atoms with Gasteiger partial charge < -0.3 is 19.9 Å². The molecular formula is C21H25N5O5. The normalized spacial score (nSPS) is 17.2. The average molecular weight is 427 g/mol. The first-order valence-corrected chi connectivity index (χ1v) is 10.0. The predicted octanol–water partition coefficient (Wildman–Crippen LogP) is 3.03. The van der Waals surface area contributed by atoms with Gasteiger partial charge in [-0.15, -0.1) is 0 Å². The van der Waals surface area contributed by atoms with Crippen LogP contribution in [0.2, 0.25) is 0 Å². The summed E-state index contributed by atoms with van der Waals surface area (Å²) in [4.78, 5) is 40.8. The van der Waals surface area contributed by atoms with Gasteiger partial charge in [-0.2, -0.15) is 5.26 Å². The second-order valence-corrected chi connectivity index (χ2v) is 8.52. The first kappa shape index (κ1) is 22.1. The Morgan fingerprint density at radius 2 is 2.19 bits per heavy atom. The number of fused-ring (bicyclic) bond motifs is 1. The molecule has 2 unspecified atom stereocenters. The quantitative estimate of drug-likeness (QED) is 0.555. The van der Waals surface area contributed by atoms with Crippen molar-refractivity contribution in [3.63, 3.8) is 0 Å². The van der Waals surface area contributed by atoms with E-state index in [-0.39, 0.29) is 18.0 Å². The van der Waals surface area contributed by atoms with Crippen molar-refractivity contribution in [1.82, 2.24) is 15.2 Å². The van der Waals surface area contributed by atoms with Gasteiger partial charge in [-0.3, -0.25) is 14.9 Å². The van der Waals surface area contributed by atoms with E-state index in [1.807, 2.05) is 0 Å². The highest BCUT2D eigenvalue weighted by molar-refractivity contribution is 5.89. The maximum absolute atomic E-state index is 13.2. The van der Waals surface area contributed by atoms with Gasteiger partial charge >= 0.3 is 6.09 Å². The van der Waals surface area contributed by atoms with Crippen LogP contribution in [0.15, 0.2) is 24.4 Å². The fourth-order valence-electron chi connectivity index (χ4n) is 3.68. The molecule has 0 radical (unpaired) electrons. The van der Waals surface area contributed by atoms with E-state index in [0.717, 1.165) is 0 Å². The van der Waals surface area contributed by atoms with Gasteiger partial charge in [0.05, 0.1) is 11.0 Å². The minimum absolute atomic E-state index is 0.0691. The Morgan fingerprint density at radius 3 is 2.84 bits per heavy atom. The average Bonchev–Trinajstić information content (AvgIpc) is 3.31. The number of non-ortho nitro benzene ring substituents is 1. The standard InChI is InChI=1S/C21H25N5O5/c1-21(2,3)31-20(28)24-18(19(27)25-8-4-5-15(25)11-22)9-13-12-23-17-7-6-14(26(29)30)10-16(13)17/h6-7,10,12,15,18,23H,4-5,8-9H2,1-3H3,(H,24,28). The van der Waals surface area contributed by atoms with Crippen LogP contribution >= 0.6 is 0 Å². The van der Waals surface area contributed by atoms with E-state index < -0.39 is 28.7 Å². The van der Waals surface area contributed by atoms with Gasteiger partial charge in [-0.1, -0.05) is 0 Å². The van der Waals surface area contributed by atoms with Crippen LogP contribution in [0.5, 0.6) is 0 Å². The number of nitro groups is 1. The van der Waals surface area contributed by atoms with E-state index in [1.165, 1.54) is 17.0 Å². The highest BCUT2D eigenvalue weighted by atomic mass is 16.6. The maximum atomic E-state index is 13.2. The summed E-state index contributed by atoms with van der Waals surface area (Å²) in [7, 11) is 0. The molecule has 2 atom stereocenters. The molecule has 1 saturated heterocycles. The fraction of sp³-hybridized carbons (Fsp3) is 0.476. The van der Waals surface area contributed by atoms with Crippen LogP contribution in [0.1, 0.15) is 39.2 Å². The van der Waals surface area contributed by atoms with Crippen LogP contribution in [0.3, 0.4) is 0 Å². The molecule has 0 aliphatic carbocycles. The zero-order chi connectivity index (χ0) is 22.8. The van der Waals surface area contributed by atoms with Gasteiger partial charge in [-0.05, 0) is 45.2 Å². The second-order valence-electron chi connectivity index (χ2n) is 8.52. The molecule has 0 saturated carbocycles. The molecule has 10 heteroatoms. The van der Waals surface area contributed by atoms with Crippen LogP contribution < -0.4 is 5.32 Å². The molecule has 0 spiro atoms. The number of amides is 2. The molecule has 2 N–H and O–H groups in total. The third-order valence-electron chi connectivity index (χ3n) is 5.06. The van der Waals surface area contributed by atoms with Gasteiger partial charge in [0.15, 0.2) is 0 Å². The number of aromatic nitrogens is 1. The van der Waals surface area contributed by atoms with E-state index in [9.17, 15) is 25.0 Å². The summed E-state index contributed by atoms with van der Waals surface area (Å²) in [5.74, 6) is -0.380. The molecule has 1 aliphatic heterocycles. The topological polar surface area (TPSA) is 141 Å². The van der Waals surface area contributed by atoms with Crippen LogP contribution in [-0.4, -0.2) is 51.0 Å². The van der Waals surface area contributed by atoms with E-state index in [4.69, 9.17) is 4.74 Å². The van der Waals surface area contributed by atoms with Crippen LogP contribution in [0.25, 0.3) is 10.9 Å². The molecule has 1 aromatic heterocycles. The Labute approximate surface area is 179 Å². The minimum Gasteiger partial charge on any atom is -0.444 e. The van der Waals surface area contributed by atoms with Crippen molar-refractivity contribution in [2.24, 2.45) is 0 Å². The molecule has 2 heterocycles. The number of nitrogens with one attached hydrogen (secondary N) is 2. The summed E-state index contributed by atoms with van der Waals surface area (Å²) in [6.45, 7) is 5.58. The van der Waals surface area contributed by atoms with Crippen LogP contribution in [0, 0.1) is 21.4 Å². The third kappa shape index (κ3) is 5.12. The Kier molecular flexibility index (Phi) is 6.15. The Morgan fingerprint density at radius 1 is 1.45 bits per heavy atom. The van der Waals surface area contributed by atoms with Gasteiger partial charge in [0.2, 0.25) is 5.91 Å². The number of nitrogens with zero attached hydrogens (tertiary/aromatic N) is 3. The maximum Gasteiger partial charge on any atom is 0.408 e. The molecule has 2 amide bonds. The number of H-pyrrole nitrogens is 1. The summed E-state index contributed by atoms with van der Waals surface area (Å²) in [6.07, 6.45) is 2.30. The molecule has 2 aromatic rings. The van der Waals surface area contributed by atoms with E-state index in [0.29, 0.717) is 35.9 Å². The lowest BCUT2D eigenvalue weighted by molar-refractivity contribution is -0.384. The lowest BCUT2D eigenvalue weighted by Crippen LogP contribution is -2.51. The van der Waals surface area contributed by atoms with Crippen molar-refractivity contribution in [2.75, 3.05) is 6.54 Å². The highest BCUT2D eigenvalue weighted by Crippen LogP contribution is 2.26. The number of rotatable bonds is 5.